The lowest BCUT2D eigenvalue weighted by atomic mass is 10.1. The minimum absolute atomic E-state index is 0.0612. The highest BCUT2D eigenvalue weighted by molar-refractivity contribution is 5.41. The third kappa shape index (κ3) is 3.09. The molecule has 0 unspecified atom stereocenters. The average Bonchev–Trinajstić information content (AvgIpc) is 2.35. The third-order valence-corrected chi connectivity index (χ3v) is 2.76. The average molecular weight is 239 g/mol. The van der Waals surface area contributed by atoms with E-state index in [2.05, 4.69) is 0 Å². The fourth-order valence-electron chi connectivity index (χ4n) is 1.76. The summed E-state index contributed by atoms with van der Waals surface area (Å²) >= 11 is 0. The molecule has 0 bridgehead atoms. The summed E-state index contributed by atoms with van der Waals surface area (Å²) in [6, 6.07) is 6.87. The Hall–Kier alpha value is -1.30. The van der Waals surface area contributed by atoms with Crippen LogP contribution in [0.15, 0.2) is 24.3 Å². The lowest BCUT2D eigenvalue weighted by Crippen LogP contribution is -2.43. The normalized spacial score (nSPS) is 28.9. The van der Waals surface area contributed by atoms with Gasteiger partial charge in [0.1, 0.15) is 11.9 Å². The van der Waals surface area contributed by atoms with Crippen LogP contribution in [-0.2, 0) is 4.74 Å². The molecule has 1 aliphatic heterocycles. The van der Waals surface area contributed by atoms with Gasteiger partial charge in [0.2, 0.25) is 6.29 Å². The van der Waals surface area contributed by atoms with E-state index in [1.807, 2.05) is 0 Å². The number of nitrogen functional groups attached to an aromatic ring is 1. The van der Waals surface area contributed by atoms with Gasteiger partial charge in [-0.3, -0.25) is 0 Å². The molecule has 1 aliphatic rings. The summed E-state index contributed by atoms with van der Waals surface area (Å²) in [5.74, 6) is 0.585. The van der Waals surface area contributed by atoms with Gasteiger partial charge >= 0.3 is 0 Å². The van der Waals surface area contributed by atoms with Crippen molar-refractivity contribution < 1.29 is 19.7 Å². The van der Waals surface area contributed by atoms with Gasteiger partial charge in [-0.2, -0.15) is 0 Å². The molecule has 17 heavy (non-hydrogen) atoms. The predicted octanol–water partition coefficient (Wildman–Crippen LogP) is 0.506. The molecule has 5 heteroatoms. The van der Waals surface area contributed by atoms with Crippen molar-refractivity contribution in [1.29, 1.82) is 0 Å². The maximum Gasteiger partial charge on any atom is 0.226 e. The molecule has 1 aromatic carbocycles. The van der Waals surface area contributed by atoms with Gasteiger partial charge in [0.15, 0.2) is 0 Å². The first-order valence-corrected chi connectivity index (χ1v) is 5.65. The second-order valence-corrected chi connectivity index (χ2v) is 4.14. The Balaban J connectivity index is 1.98. The summed E-state index contributed by atoms with van der Waals surface area (Å²) in [4.78, 5) is 0. The second kappa shape index (κ2) is 5.35. The Labute approximate surface area is 99.8 Å². The highest BCUT2D eigenvalue weighted by Gasteiger charge is 2.31. The first kappa shape index (κ1) is 12.2. The zero-order valence-corrected chi connectivity index (χ0v) is 9.45. The van der Waals surface area contributed by atoms with Crippen molar-refractivity contribution in [1.82, 2.24) is 0 Å². The molecule has 0 radical (unpaired) electrons. The molecule has 5 nitrogen and oxygen atoms in total. The van der Waals surface area contributed by atoms with Crippen molar-refractivity contribution >= 4 is 5.69 Å². The molecule has 94 valence electrons. The van der Waals surface area contributed by atoms with E-state index in [9.17, 15) is 5.11 Å². The number of ether oxygens (including phenoxy) is 2. The summed E-state index contributed by atoms with van der Waals surface area (Å²) in [5, 5.41) is 18.8. The van der Waals surface area contributed by atoms with Crippen molar-refractivity contribution in [3.63, 3.8) is 0 Å². The zero-order valence-electron chi connectivity index (χ0n) is 9.45. The number of hydrogen-bond donors (Lipinski definition) is 3. The molecular weight excluding hydrogens is 222 g/mol. The molecule has 0 aromatic heterocycles. The minimum atomic E-state index is -0.732. The number of aliphatic hydroxyl groups excluding tert-OH is 2. The molecule has 2 rings (SSSR count). The summed E-state index contributed by atoms with van der Waals surface area (Å²) in [5.41, 5.74) is 6.21. The van der Waals surface area contributed by atoms with Crippen LogP contribution in [0.5, 0.6) is 5.75 Å². The monoisotopic (exact) mass is 239 g/mol. The quantitative estimate of drug-likeness (QED) is 0.669. The van der Waals surface area contributed by atoms with Gasteiger partial charge in [0.25, 0.3) is 0 Å². The van der Waals surface area contributed by atoms with Gasteiger partial charge in [-0.15, -0.1) is 0 Å². The summed E-state index contributed by atoms with van der Waals surface area (Å²) in [7, 11) is 0. The fraction of sp³-hybridized carbons (Fsp3) is 0.500. The number of anilines is 1. The molecule has 1 saturated heterocycles. The van der Waals surface area contributed by atoms with Crippen LogP contribution in [-0.4, -0.2) is 35.3 Å². The number of rotatable bonds is 3. The second-order valence-electron chi connectivity index (χ2n) is 4.14. The predicted molar refractivity (Wildman–Crippen MR) is 62.5 cm³/mol. The Bertz CT molecular complexity index is 354. The van der Waals surface area contributed by atoms with E-state index in [-0.39, 0.29) is 12.7 Å². The van der Waals surface area contributed by atoms with Crippen LogP contribution in [0.2, 0.25) is 0 Å². The first-order valence-electron chi connectivity index (χ1n) is 5.65. The Morgan fingerprint density at radius 1 is 1.29 bits per heavy atom. The van der Waals surface area contributed by atoms with E-state index in [4.69, 9.17) is 20.3 Å². The van der Waals surface area contributed by atoms with Gasteiger partial charge in [-0.25, -0.2) is 0 Å². The molecule has 1 aromatic rings. The lowest BCUT2D eigenvalue weighted by Gasteiger charge is -2.32. The number of hydrogen-bond acceptors (Lipinski definition) is 5. The van der Waals surface area contributed by atoms with E-state index >= 15 is 0 Å². The maximum absolute atomic E-state index is 9.74. The number of nitrogens with two attached hydrogens (primary N) is 1. The van der Waals surface area contributed by atoms with Crippen LogP contribution in [0.3, 0.4) is 0 Å². The summed E-state index contributed by atoms with van der Waals surface area (Å²) in [6.07, 6.45) is -0.471. The van der Waals surface area contributed by atoms with E-state index in [1.165, 1.54) is 0 Å². The molecule has 3 atom stereocenters. The SMILES string of the molecule is Nc1ccc(O[C@H]2O[C@H](CO)CC[C@H]2O)cc1. The Morgan fingerprint density at radius 3 is 2.65 bits per heavy atom. The number of benzene rings is 1. The molecular formula is C12H17NO4. The highest BCUT2D eigenvalue weighted by atomic mass is 16.7. The summed E-state index contributed by atoms with van der Waals surface area (Å²) < 4.78 is 10.9. The molecule has 4 N–H and O–H groups in total. The maximum atomic E-state index is 9.74. The van der Waals surface area contributed by atoms with Gasteiger partial charge in [-0.05, 0) is 37.1 Å². The van der Waals surface area contributed by atoms with E-state index in [0.717, 1.165) is 0 Å². The Kier molecular flexibility index (Phi) is 3.83. The highest BCUT2D eigenvalue weighted by Crippen LogP contribution is 2.23. The molecule has 0 amide bonds. The van der Waals surface area contributed by atoms with Crippen molar-refractivity contribution in [2.75, 3.05) is 12.3 Å². The lowest BCUT2D eigenvalue weighted by molar-refractivity contribution is -0.208. The van der Waals surface area contributed by atoms with Crippen LogP contribution in [0, 0.1) is 0 Å². The molecule has 0 saturated carbocycles. The molecule has 0 aliphatic carbocycles. The minimum Gasteiger partial charge on any atom is -0.462 e. The van der Waals surface area contributed by atoms with E-state index < -0.39 is 12.4 Å². The molecule has 1 heterocycles. The first-order chi connectivity index (χ1) is 8.19. The van der Waals surface area contributed by atoms with Crippen molar-refractivity contribution in [2.24, 2.45) is 0 Å². The molecule has 0 spiro atoms. The van der Waals surface area contributed by atoms with Crippen LogP contribution >= 0.6 is 0 Å². The largest absolute Gasteiger partial charge is 0.462 e. The van der Waals surface area contributed by atoms with E-state index in [0.29, 0.717) is 24.3 Å². The van der Waals surface area contributed by atoms with Crippen LogP contribution in [0.4, 0.5) is 5.69 Å². The molecule has 1 fully saturated rings. The fourth-order valence-corrected chi connectivity index (χ4v) is 1.76. The van der Waals surface area contributed by atoms with Gasteiger partial charge in [-0.1, -0.05) is 0 Å². The van der Waals surface area contributed by atoms with Crippen LogP contribution in [0.1, 0.15) is 12.8 Å². The van der Waals surface area contributed by atoms with E-state index in [1.54, 1.807) is 24.3 Å². The number of aliphatic hydroxyl groups is 2. The standard InChI is InChI=1S/C12H17NO4/c13-8-1-3-9(4-2-8)16-12-11(15)6-5-10(7-14)17-12/h1-4,10-12,14-15H,5-7,13H2/t10-,11+,12-/m0/s1. The van der Waals surface area contributed by atoms with Crippen LogP contribution < -0.4 is 10.5 Å². The third-order valence-electron chi connectivity index (χ3n) is 2.76. The van der Waals surface area contributed by atoms with Crippen molar-refractivity contribution in [3.8, 4) is 5.75 Å². The van der Waals surface area contributed by atoms with Crippen LogP contribution in [0.25, 0.3) is 0 Å². The zero-order chi connectivity index (χ0) is 12.3. The van der Waals surface area contributed by atoms with Gasteiger partial charge < -0.3 is 25.4 Å². The van der Waals surface area contributed by atoms with Gasteiger partial charge in [0, 0.05) is 5.69 Å². The van der Waals surface area contributed by atoms with Gasteiger partial charge in [0.05, 0.1) is 12.7 Å². The van der Waals surface area contributed by atoms with Crippen molar-refractivity contribution in [3.05, 3.63) is 24.3 Å². The smallest absolute Gasteiger partial charge is 0.226 e. The topological polar surface area (TPSA) is 84.9 Å². The summed E-state index contributed by atoms with van der Waals surface area (Å²) in [6.45, 7) is -0.0612. The Morgan fingerprint density at radius 2 is 2.00 bits per heavy atom. The van der Waals surface area contributed by atoms with Crippen molar-refractivity contribution in [2.45, 2.75) is 31.3 Å².